The van der Waals surface area contributed by atoms with Gasteiger partial charge in [-0.25, -0.2) is 4.79 Å². The Morgan fingerprint density at radius 3 is 2.54 bits per heavy atom. The SMILES string of the molecule is CCOC(=O)c1ccc2oc(C=Cc3ccccc3)c(CC)c(=O)c2c1. The van der Waals surface area contributed by atoms with Crippen molar-refractivity contribution in [2.24, 2.45) is 0 Å². The van der Waals surface area contributed by atoms with Crippen molar-refractivity contribution in [3.63, 3.8) is 0 Å². The second-order valence-corrected chi connectivity index (χ2v) is 5.80. The Labute approximate surface area is 151 Å². The highest BCUT2D eigenvalue weighted by Gasteiger charge is 2.14. The first-order valence-corrected chi connectivity index (χ1v) is 8.64. The summed E-state index contributed by atoms with van der Waals surface area (Å²) in [7, 11) is 0. The molecule has 0 aliphatic rings. The molecule has 1 heterocycles. The topological polar surface area (TPSA) is 56.5 Å². The summed E-state index contributed by atoms with van der Waals surface area (Å²) < 4.78 is 10.9. The molecule has 0 spiro atoms. The molecule has 0 saturated heterocycles. The van der Waals surface area contributed by atoms with Gasteiger partial charge in [-0.15, -0.1) is 0 Å². The van der Waals surface area contributed by atoms with E-state index >= 15 is 0 Å². The fraction of sp³-hybridized carbons (Fsp3) is 0.182. The monoisotopic (exact) mass is 348 g/mol. The van der Waals surface area contributed by atoms with E-state index < -0.39 is 5.97 Å². The molecule has 0 fully saturated rings. The van der Waals surface area contributed by atoms with Crippen LogP contribution in [0.1, 0.15) is 41.1 Å². The van der Waals surface area contributed by atoms with Gasteiger partial charge in [-0.3, -0.25) is 4.79 Å². The molecule has 2 aromatic carbocycles. The number of esters is 1. The number of carbonyl (C=O) groups is 1. The van der Waals surface area contributed by atoms with Crippen molar-refractivity contribution < 1.29 is 13.9 Å². The molecule has 132 valence electrons. The fourth-order valence-corrected chi connectivity index (χ4v) is 2.80. The highest BCUT2D eigenvalue weighted by atomic mass is 16.5. The third kappa shape index (κ3) is 3.59. The Morgan fingerprint density at radius 1 is 1.08 bits per heavy atom. The lowest BCUT2D eigenvalue weighted by Crippen LogP contribution is -2.12. The van der Waals surface area contributed by atoms with Crippen molar-refractivity contribution >= 4 is 29.1 Å². The summed E-state index contributed by atoms with van der Waals surface area (Å²) in [5.41, 5.74) is 2.29. The smallest absolute Gasteiger partial charge is 0.338 e. The molecule has 0 amide bonds. The van der Waals surface area contributed by atoms with E-state index in [1.54, 1.807) is 25.1 Å². The highest BCUT2D eigenvalue weighted by Crippen LogP contribution is 2.20. The average molecular weight is 348 g/mol. The van der Waals surface area contributed by atoms with Crippen LogP contribution in [-0.4, -0.2) is 12.6 Å². The standard InChI is InChI=1S/C22H20O4/c1-3-17-19(12-10-15-8-6-5-7-9-15)26-20-13-11-16(22(24)25-4-2)14-18(20)21(17)23/h5-14H,3-4H2,1-2H3. The zero-order chi connectivity index (χ0) is 18.5. The van der Waals surface area contributed by atoms with Crippen molar-refractivity contribution in [3.8, 4) is 0 Å². The van der Waals surface area contributed by atoms with Crippen LogP contribution in [0, 0.1) is 0 Å². The minimum Gasteiger partial charge on any atom is -0.462 e. The van der Waals surface area contributed by atoms with E-state index in [4.69, 9.17) is 9.15 Å². The Bertz CT molecular complexity index is 1010. The van der Waals surface area contributed by atoms with Gasteiger partial charge in [0, 0.05) is 5.56 Å². The number of fused-ring (bicyclic) bond motifs is 1. The molecule has 3 rings (SSSR count). The van der Waals surface area contributed by atoms with Gasteiger partial charge >= 0.3 is 5.97 Å². The molecule has 0 aliphatic carbocycles. The number of hydrogen-bond acceptors (Lipinski definition) is 4. The molecular weight excluding hydrogens is 328 g/mol. The summed E-state index contributed by atoms with van der Waals surface area (Å²) in [4.78, 5) is 24.8. The molecule has 0 unspecified atom stereocenters. The lowest BCUT2D eigenvalue weighted by atomic mass is 10.0. The van der Waals surface area contributed by atoms with Crippen molar-refractivity contribution in [2.45, 2.75) is 20.3 Å². The Morgan fingerprint density at radius 2 is 1.85 bits per heavy atom. The van der Waals surface area contributed by atoms with Gasteiger partial charge in [0.2, 0.25) is 0 Å². The highest BCUT2D eigenvalue weighted by molar-refractivity contribution is 5.94. The Hall–Kier alpha value is -3.14. The van der Waals surface area contributed by atoms with E-state index in [0.29, 0.717) is 34.3 Å². The molecule has 0 bridgehead atoms. The Kier molecular flexibility index (Phi) is 5.32. The van der Waals surface area contributed by atoms with Gasteiger partial charge in [-0.2, -0.15) is 0 Å². The number of carbonyl (C=O) groups excluding carboxylic acids is 1. The second-order valence-electron chi connectivity index (χ2n) is 5.80. The van der Waals surface area contributed by atoms with Crippen LogP contribution < -0.4 is 5.43 Å². The molecule has 3 aromatic rings. The van der Waals surface area contributed by atoms with Crippen LogP contribution >= 0.6 is 0 Å². The van der Waals surface area contributed by atoms with E-state index in [-0.39, 0.29) is 12.0 Å². The molecule has 0 N–H and O–H groups in total. The number of rotatable bonds is 5. The van der Waals surface area contributed by atoms with Crippen LogP contribution in [0.2, 0.25) is 0 Å². The first-order valence-electron chi connectivity index (χ1n) is 8.64. The van der Waals surface area contributed by atoms with Crippen molar-refractivity contribution in [1.29, 1.82) is 0 Å². The van der Waals surface area contributed by atoms with Crippen molar-refractivity contribution in [3.05, 3.63) is 81.2 Å². The van der Waals surface area contributed by atoms with E-state index in [9.17, 15) is 9.59 Å². The van der Waals surface area contributed by atoms with Gasteiger partial charge in [0.05, 0.1) is 17.6 Å². The van der Waals surface area contributed by atoms with Crippen LogP contribution in [0.5, 0.6) is 0 Å². The minimum atomic E-state index is -0.445. The first-order chi connectivity index (χ1) is 12.6. The third-order valence-corrected chi connectivity index (χ3v) is 4.11. The fourth-order valence-electron chi connectivity index (χ4n) is 2.80. The van der Waals surface area contributed by atoms with Gasteiger partial charge in [-0.1, -0.05) is 43.3 Å². The van der Waals surface area contributed by atoms with E-state index in [2.05, 4.69) is 0 Å². The van der Waals surface area contributed by atoms with E-state index in [0.717, 1.165) is 5.56 Å². The summed E-state index contributed by atoms with van der Waals surface area (Å²) in [5.74, 6) is 0.0950. The third-order valence-electron chi connectivity index (χ3n) is 4.11. The molecule has 0 radical (unpaired) electrons. The molecular formula is C22H20O4. The normalized spacial score (nSPS) is 11.2. The minimum absolute atomic E-state index is 0.118. The van der Waals surface area contributed by atoms with Crippen LogP contribution in [0.4, 0.5) is 0 Å². The number of ether oxygens (including phenoxy) is 1. The molecule has 4 nitrogen and oxygen atoms in total. The van der Waals surface area contributed by atoms with Crippen LogP contribution in [0.3, 0.4) is 0 Å². The summed E-state index contributed by atoms with van der Waals surface area (Å²) in [5, 5.41) is 0.393. The molecule has 26 heavy (non-hydrogen) atoms. The quantitative estimate of drug-likeness (QED) is 0.627. The second kappa shape index (κ2) is 7.83. The lowest BCUT2D eigenvalue weighted by molar-refractivity contribution is 0.0526. The molecule has 0 saturated carbocycles. The predicted molar refractivity (Wildman–Crippen MR) is 103 cm³/mol. The summed E-state index contributed by atoms with van der Waals surface area (Å²) in [6, 6.07) is 14.6. The summed E-state index contributed by atoms with van der Waals surface area (Å²) in [6.07, 6.45) is 4.26. The van der Waals surface area contributed by atoms with Gasteiger partial charge in [-0.05, 0) is 43.2 Å². The molecule has 4 heteroatoms. The zero-order valence-electron chi connectivity index (χ0n) is 14.8. The zero-order valence-corrected chi connectivity index (χ0v) is 14.8. The maximum Gasteiger partial charge on any atom is 0.338 e. The number of hydrogen-bond donors (Lipinski definition) is 0. The molecule has 0 atom stereocenters. The van der Waals surface area contributed by atoms with Gasteiger partial charge in [0.15, 0.2) is 5.43 Å². The van der Waals surface area contributed by atoms with E-state index in [1.807, 2.05) is 49.4 Å². The van der Waals surface area contributed by atoms with Gasteiger partial charge in [0.25, 0.3) is 0 Å². The molecule has 1 aromatic heterocycles. The van der Waals surface area contributed by atoms with Crippen LogP contribution in [0.15, 0.2) is 57.7 Å². The van der Waals surface area contributed by atoms with Gasteiger partial charge < -0.3 is 9.15 Å². The van der Waals surface area contributed by atoms with Crippen LogP contribution in [-0.2, 0) is 11.2 Å². The average Bonchev–Trinajstić information content (AvgIpc) is 2.67. The van der Waals surface area contributed by atoms with E-state index in [1.165, 1.54) is 0 Å². The predicted octanol–water partition coefficient (Wildman–Crippen LogP) is 4.70. The maximum absolute atomic E-state index is 12.9. The maximum atomic E-state index is 12.9. The van der Waals surface area contributed by atoms with Crippen molar-refractivity contribution in [2.75, 3.05) is 6.61 Å². The Balaban J connectivity index is 2.08. The summed E-state index contributed by atoms with van der Waals surface area (Å²) in [6.45, 7) is 3.94. The lowest BCUT2D eigenvalue weighted by Gasteiger charge is -2.07. The van der Waals surface area contributed by atoms with Gasteiger partial charge in [0.1, 0.15) is 11.3 Å². The van der Waals surface area contributed by atoms with Crippen molar-refractivity contribution in [1.82, 2.24) is 0 Å². The molecule has 0 aliphatic heterocycles. The first kappa shape index (κ1) is 17.7. The largest absolute Gasteiger partial charge is 0.462 e. The van der Waals surface area contributed by atoms with Crippen LogP contribution in [0.25, 0.3) is 23.1 Å². The summed E-state index contributed by atoms with van der Waals surface area (Å²) >= 11 is 0. The number of benzene rings is 2.